The summed E-state index contributed by atoms with van der Waals surface area (Å²) in [5.74, 6) is -0.764. The third-order valence-electron chi connectivity index (χ3n) is 4.28. The molecule has 2 amide bonds. The van der Waals surface area contributed by atoms with Gasteiger partial charge >= 0.3 is 12.0 Å². The summed E-state index contributed by atoms with van der Waals surface area (Å²) in [7, 11) is 3.67. The van der Waals surface area contributed by atoms with Crippen LogP contribution in [-0.4, -0.2) is 67.2 Å². The maximum absolute atomic E-state index is 12.4. The van der Waals surface area contributed by atoms with Crippen molar-refractivity contribution in [3.05, 3.63) is 0 Å². The normalized spacial score (nSPS) is 22.1. The van der Waals surface area contributed by atoms with Gasteiger partial charge in [0.25, 0.3) is 0 Å². The molecular formula is C15H29N3O3. The molecule has 1 aliphatic rings. The lowest BCUT2D eigenvalue weighted by molar-refractivity contribution is -0.152. The van der Waals surface area contributed by atoms with E-state index in [1.165, 1.54) is 0 Å². The second kappa shape index (κ2) is 8.22. The molecule has 1 saturated heterocycles. The van der Waals surface area contributed by atoms with Gasteiger partial charge in [0.05, 0.1) is 5.41 Å². The van der Waals surface area contributed by atoms with Crippen LogP contribution in [0.3, 0.4) is 0 Å². The van der Waals surface area contributed by atoms with Crippen LogP contribution in [0, 0.1) is 5.41 Å². The van der Waals surface area contributed by atoms with Gasteiger partial charge in [0.2, 0.25) is 0 Å². The summed E-state index contributed by atoms with van der Waals surface area (Å²) < 4.78 is 0. The zero-order chi connectivity index (χ0) is 15.9. The highest BCUT2D eigenvalue weighted by Crippen LogP contribution is 2.35. The summed E-state index contributed by atoms with van der Waals surface area (Å²) in [5.41, 5.74) is -0.755. The summed E-state index contributed by atoms with van der Waals surface area (Å²) in [5, 5.41) is 12.6. The topological polar surface area (TPSA) is 72.9 Å². The molecule has 1 unspecified atom stereocenters. The average molecular weight is 299 g/mol. The Morgan fingerprint density at radius 1 is 1.43 bits per heavy atom. The van der Waals surface area contributed by atoms with Gasteiger partial charge in [0, 0.05) is 26.7 Å². The number of piperidine rings is 1. The largest absolute Gasteiger partial charge is 0.481 e. The Morgan fingerprint density at radius 3 is 2.71 bits per heavy atom. The Labute approximate surface area is 127 Å². The molecule has 1 fully saturated rings. The van der Waals surface area contributed by atoms with Crippen LogP contribution in [0.15, 0.2) is 0 Å². The van der Waals surface area contributed by atoms with Crippen LogP contribution in [0.2, 0.25) is 0 Å². The highest BCUT2D eigenvalue weighted by Gasteiger charge is 2.43. The first-order valence-corrected chi connectivity index (χ1v) is 7.85. The van der Waals surface area contributed by atoms with Gasteiger partial charge < -0.3 is 20.2 Å². The molecule has 1 rings (SSSR count). The molecule has 1 aliphatic heterocycles. The van der Waals surface area contributed by atoms with E-state index in [-0.39, 0.29) is 6.03 Å². The lowest BCUT2D eigenvalue weighted by atomic mass is 9.76. The molecule has 1 atom stereocenters. The molecule has 122 valence electrons. The van der Waals surface area contributed by atoms with E-state index in [2.05, 4.69) is 5.32 Å². The minimum Gasteiger partial charge on any atom is -0.481 e. The summed E-state index contributed by atoms with van der Waals surface area (Å²) >= 11 is 0. The summed E-state index contributed by atoms with van der Waals surface area (Å²) in [4.78, 5) is 27.5. The number of nitrogens with one attached hydrogen (secondary N) is 1. The van der Waals surface area contributed by atoms with Crippen molar-refractivity contribution in [2.45, 2.75) is 39.0 Å². The quantitative estimate of drug-likeness (QED) is 0.701. The van der Waals surface area contributed by atoms with Crippen molar-refractivity contribution in [1.82, 2.24) is 15.1 Å². The first-order chi connectivity index (χ1) is 9.96. The standard InChI is InChI=1S/C15H29N3O3/c1-4-7-15(13(19)20)8-5-11-18(12-15)14(21)17(3)10-6-9-16-2/h16H,4-12H2,1-3H3,(H,19,20). The number of amides is 2. The van der Waals surface area contributed by atoms with E-state index in [9.17, 15) is 14.7 Å². The first-order valence-electron chi connectivity index (χ1n) is 7.85. The molecule has 0 saturated carbocycles. The molecule has 0 aliphatic carbocycles. The SMILES string of the molecule is CCCC1(C(=O)O)CCCN(C(=O)N(C)CCCNC)C1. The van der Waals surface area contributed by atoms with Crippen LogP contribution in [0.4, 0.5) is 4.79 Å². The van der Waals surface area contributed by atoms with Crippen molar-refractivity contribution >= 4 is 12.0 Å². The van der Waals surface area contributed by atoms with E-state index in [0.717, 1.165) is 25.8 Å². The minimum absolute atomic E-state index is 0.0486. The number of aliphatic carboxylic acids is 1. The van der Waals surface area contributed by atoms with Gasteiger partial charge in [-0.15, -0.1) is 0 Å². The number of carboxylic acids is 1. The Bertz CT molecular complexity index is 358. The van der Waals surface area contributed by atoms with Gasteiger partial charge in [-0.05, 0) is 39.3 Å². The molecule has 6 nitrogen and oxygen atoms in total. The van der Waals surface area contributed by atoms with Crippen LogP contribution in [-0.2, 0) is 4.79 Å². The number of rotatable bonds is 7. The van der Waals surface area contributed by atoms with E-state index in [1.807, 2.05) is 14.0 Å². The molecule has 2 N–H and O–H groups in total. The third kappa shape index (κ3) is 4.59. The Kier molecular flexibility index (Phi) is 6.95. The van der Waals surface area contributed by atoms with Crippen LogP contribution < -0.4 is 5.32 Å². The molecule has 21 heavy (non-hydrogen) atoms. The number of carbonyl (C=O) groups is 2. The lowest BCUT2D eigenvalue weighted by Gasteiger charge is -2.41. The van der Waals surface area contributed by atoms with Crippen molar-refractivity contribution in [3.8, 4) is 0 Å². The Hall–Kier alpha value is -1.30. The van der Waals surface area contributed by atoms with E-state index in [4.69, 9.17) is 0 Å². The van der Waals surface area contributed by atoms with Crippen LogP contribution in [0.1, 0.15) is 39.0 Å². The number of carboxylic acid groups (broad SMARTS) is 1. The molecule has 0 aromatic carbocycles. The molecule has 0 spiro atoms. The second-order valence-corrected chi connectivity index (χ2v) is 6.02. The van der Waals surface area contributed by atoms with Crippen molar-refractivity contribution in [2.75, 3.05) is 40.3 Å². The van der Waals surface area contributed by atoms with Crippen LogP contribution in [0.5, 0.6) is 0 Å². The van der Waals surface area contributed by atoms with Crippen LogP contribution >= 0.6 is 0 Å². The lowest BCUT2D eigenvalue weighted by Crippen LogP contribution is -2.53. The van der Waals surface area contributed by atoms with E-state index in [0.29, 0.717) is 32.5 Å². The number of likely N-dealkylation sites (tertiary alicyclic amines) is 1. The zero-order valence-corrected chi connectivity index (χ0v) is 13.5. The summed E-state index contributed by atoms with van der Waals surface area (Å²) in [6.07, 6.45) is 3.79. The minimum atomic E-state index is -0.764. The maximum Gasteiger partial charge on any atom is 0.319 e. The molecule has 0 radical (unpaired) electrons. The predicted octanol–water partition coefficient (Wildman–Crippen LogP) is 1.61. The fraction of sp³-hybridized carbons (Fsp3) is 0.867. The molecule has 0 bridgehead atoms. The van der Waals surface area contributed by atoms with Gasteiger partial charge in [-0.3, -0.25) is 4.79 Å². The van der Waals surface area contributed by atoms with Crippen LogP contribution in [0.25, 0.3) is 0 Å². The first kappa shape index (κ1) is 17.8. The fourth-order valence-corrected chi connectivity index (χ4v) is 3.09. The Balaban J connectivity index is 2.65. The number of carbonyl (C=O) groups excluding carboxylic acids is 1. The fourth-order valence-electron chi connectivity index (χ4n) is 3.09. The van der Waals surface area contributed by atoms with Crippen molar-refractivity contribution < 1.29 is 14.7 Å². The number of hydrogen-bond acceptors (Lipinski definition) is 3. The molecule has 6 heteroatoms. The van der Waals surface area contributed by atoms with Gasteiger partial charge in [0.1, 0.15) is 0 Å². The molecule has 0 aromatic heterocycles. The van der Waals surface area contributed by atoms with Crippen molar-refractivity contribution in [3.63, 3.8) is 0 Å². The van der Waals surface area contributed by atoms with Crippen molar-refractivity contribution in [2.24, 2.45) is 5.41 Å². The summed E-state index contributed by atoms with van der Waals surface area (Å²) in [6.45, 7) is 4.55. The van der Waals surface area contributed by atoms with E-state index < -0.39 is 11.4 Å². The monoisotopic (exact) mass is 299 g/mol. The zero-order valence-electron chi connectivity index (χ0n) is 13.5. The number of nitrogens with zero attached hydrogens (tertiary/aromatic N) is 2. The molecule has 0 aromatic rings. The van der Waals surface area contributed by atoms with Gasteiger partial charge in [-0.2, -0.15) is 0 Å². The van der Waals surface area contributed by atoms with Gasteiger partial charge in [-0.1, -0.05) is 13.3 Å². The van der Waals surface area contributed by atoms with E-state index in [1.54, 1.807) is 16.8 Å². The average Bonchev–Trinajstić information content (AvgIpc) is 2.47. The predicted molar refractivity (Wildman–Crippen MR) is 82.4 cm³/mol. The maximum atomic E-state index is 12.4. The highest BCUT2D eigenvalue weighted by molar-refractivity contribution is 5.78. The van der Waals surface area contributed by atoms with Crippen molar-refractivity contribution in [1.29, 1.82) is 0 Å². The van der Waals surface area contributed by atoms with Gasteiger partial charge in [-0.25, -0.2) is 4.79 Å². The number of urea groups is 1. The third-order valence-corrected chi connectivity index (χ3v) is 4.28. The molecule has 1 heterocycles. The van der Waals surface area contributed by atoms with Gasteiger partial charge in [0.15, 0.2) is 0 Å². The summed E-state index contributed by atoms with van der Waals surface area (Å²) in [6, 6.07) is -0.0486. The second-order valence-electron chi connectivity index (χ2n) is 6.02. The Morgan fingerprint density at radius 2 is 2.14 bits per heavy atom. The number of hydrogen-bond donors (Lipinski definition) is 2. The highest BCUT2D eigenvalue weighted by atomic mass is 16.4. The smallest absolute Gasteiger partial charge is 0.319 e. The van der Waals surface area contributed by atoms with E-state index >= 15 is 0 Å². The molecular weight excluding hydrogens is 270 g/mol.